The van der Waals surface area contributed by atoms with Crippen molar-refractivity contribution >= 4 is 29.3 Å². The second-order valence-electron chi connectivity index (χ2n) is 7.19. The van der Waals surface area contributed by atoms with Gasteiger partial charge in [-0.15, -0.1) is 5.10 Å². The summed E-state index contributed by atoms with van der Waals surface area (Å²) in [5, 5.41) is 8.21. The molecule has 0 spiro atoms. The van der Waals surface area contributed by atoms with Crippen molar-refractivity contribution in [3.8, 4) is 17.1 Å². The lowest BCUT2D eigenvalue weighted by Gasteiger charge is -2.26. The van der Waals surface area contributed by atoms with Crippen molar-refractivity contribution < 1.29 is 9.53 Å². The van der Waals surface area contributed by atoms with Crippen LogP contribution in [-0.4, -0.2) is 51.9 Å². The number of nitrogens with one attached hydrogen (secondary N) is 1. The molecule has 1 amide bonds. The Morgan fingerprint density at radius 1 is 1.26 bits per heavy atom. The van der Waals surface area contributed by atoms with Gasteiger partial charge in [-0.25, -0.2) is 4.98 Å². The van der Waals surface area contributed by atoms with Crippen LogP contribution in [0.4, 0.5) is 0 Å². The average molecular weight is 411 g/mol. The molecule has 8 heteroatoms. The molecule has 0 aliphatic heterocycles. The van der Waals surface area contributed by atoms with Crippen molar-refractivity contribution in [2.45, 2.75) is 32.9 Å². The number of thioether (sulfide) groups is 1. The van der Waals surface area contributed by atoms with Gasteiger partial charge in [0, 0.05) is 18.1 Å². The molecule has 0 atom stereocenters. The van der Waals surface area contributed by atoms with Crippen LogP contribution in [0.5, 0.6) is 5.75 Å². The maximum absolute atomic E-state index is 12.6. The van der Waals surface area contributed by atoms with E-state index < -0.39 is 0 Å². The van der Waals surface area contributed by atoms with Crippen molar-refractivity contribution in [2.24, 2.45) is 11.8 Å². The fraction of sp³-hybridized carbons (Fsp3) is 0.526. The number of carbonyl (C=O) groups is 1. The van der Waals surface area contributed by atoms with Gasteiger partial charge in [-0.3, -0.25) is 9.89 Å². The third-order valence-electron chi connectivity index (χ3n) is 3.73. The minimum atomic E-state index is 0.106. The van der Waals surface area contributed by atoms with E-state index in [4.69, 9.17) is 16.3 Å². The third-order valence-corrected chi connectivity index (χ3v) is 4.80. The summed E-state index contributed by atoms with van der Waals surface area (Å²) in [5.41, 5.74) is 0.733. The molecule has 1 aromatic carbocycles. The van der Waals surface area contributed by atoms with Crippen molar-refractivity contribution in [3.63, 3.8) is 0 Å². The lowest BCUT2D eigenvalue weighted by molar-refractivity contribution is -0.129. The second kappa shape index (κ2) is 9.99. The first-order valence-corrected chi connectivity index (χ1v) is 10.3. The van der Waals surface area contributed by atoms with E-state index in [1.165, 1.54) is 11.8 Å². The van der Waals surface area contributed by atoms with Gasteiger partial charge in [-0.05, 0) is 30.0 Å². The first-order chi connectivity index (χ1) is 12.8. The highest BCUT2D eigenvalue weighted by Gasteiger charge is 2.18. The zero-order valence-electron chi connectivity index (χ0n) is 16.5. The highest BCUT2D eigenvalue weighted by Crippen LogP contribution is 2.31. The van der Waals surface area contributed by atoms with Crippen LogP contribution in [0.15, 0.2) is 23.4 Å². The van der Waals surface area contributed by atoms with E-state index >= 15 is 0 Å². The Labute approximate surface area is 170 Å². The number of benzene rings is 1. The molecule has 0 unspecified atom stereocenters. The van der Waals surface area contributed by atoms with Crippen LogP contribution < -0.4 is 4.74 Å². The summed E-state index contributed by atoms with van der Waals surface area (Å²) in [6.07, 6.45) is 0. The van der Waals surface area contributed by atoms with Crippen LogP contribution in [0, 0.1) is 11.8 Å². The number of amides is 1. The quantitative estimate of drug-likeness (QED) is 0.621. The molecule has 2 rings (SSSR count). The Morgan fingerprint density at radius 3 is 2.52 bits per heavy atom. The summed E-state index contributed by atoms with van der Waals surface area (Å²) in [6, 6.07) is 5.31. The number of rotatable bonds is 9. The van der Waals surface area contributed by atoms with Gasteiger partial charge < -0.3 is 9.64 Å². The number of aromatic amines is 1. The topological polar surface area (TPSA) is 71.1 Å². The number of ether oxygens (including phenoxy) is 1. The van der Waals surface area contributed by atoms with E-state index in [1.54, 1.807) is 25.3 Å². The second-order valence-corrected chi connectivity index (χ2v) is 8.57. The molecule has 6 nitrogen and oxygen atoms in total. The number of aromatic nitrogens is 3. The zero-order valence-corrected chi connectivity index (χ0v) is 18.0. The molecule has 1 aromatic heterocycles. The molecule has 1 N–H and O–H groups in total. The van der Waals surface area contributed by atoms with Gasteiger partial charge >= 0.3 is 0 Å². The van der Waals surface area contributed by atoms with Crippen molar-refractivity contribution in [1.29, 1.82) is 0 Å². The number of methoxy groups -OCH3 is 1. The van der Waals surface area contributed by atoms with Crippen LogP contribution in [0.1, 0.15) is 27.7 Å². The number of hydrogen-bond donors (Lipinski definition) is 1. The van der Waals surface area contributed by atoms with E-state index in [9.17, 15) is 4.79 Å². The van der Waals surface area contributed by atoms with Gasteiger partial charge in [-0.2, -0.15) is 0 Å². The lowest BCUT2D eigenvalue weighted by Crippen LogP contribution is -2.38. The summed E-state index contributed by atoms with van der Waals surface area (Å²) in [4.78, 5) is 19.0. The monoisotopic (exact) mass is 410 g/mol. The van der Waals surface area contributed by atoms with Gasteiger partial charge in [0.25, 0.3) is 0 Å². The number of carbonyl (C=O) groups excluding carboxylic acids is 1. The van der Waals surface area contributed by atoms with E-state index in [2.05, 4.69) is 42.9 Å². The van der Waals surface area contributed by atoms with Crippen LogP contribution >= 0.6 is 23.4 Å². The smallest absolute Gasteiger partial charge is 0.233 e. The highest BCUT2D eigenvalue weighted by atomic mass is 35.5. The predicted molar refractivity (Wildman–Crippen MR) is 110 cm³/mol. The Morgan fingerprint density at radius 2 is 1.93 bits per heavy atom. The minimum absolute atomic E-state index is 0.106. The standard InChI is InChI=1S/C19H27ClN4O2S/c1-12(2)9-24(10-13(3)4)17(25)11-27-19-21-18(22-23-19)15-8-14(20)6-7-16(15)26-5/h6-8,12-13H,9-11H2,1-5H3,(H,21,22,23). The lowest BCUT2D eigenvalue weighted by atomic mass is 10.1. The molecule has 0 aliphatic rings. The van der Waals surface area contributed by atoms with Crippen LogP contribution in [0.2, 0.25) is 5.02 Å². The van der Waals surface area contributed by atoms with Gasteiger partial charge in [0.05, 0.1) is 18.4 Å². The van der Waals surface area contributed by atoms with E-state index in [-0.39, 0.29) is 5.91 Å². The minimum Gasteiger partial charge on any atom is -0.496 e. The van der Waals surface area contributed by atoms with E-state index in [0.717, 1.165) is 18.7 Å². The molecular weight excluding hydrogens is 384 g/mol. The number of halogens is 1. The van der Waals surface area contributed by atoms with Gasteiger partial charge in [0.15, 0.2) is 5.82 Å². The summed E-state index contributed by atoms with van der Waals surface area (Å²) >= 11 is 7.40. The molecule has 0 radical (unpaired) electrons. The highest BCUT2D eigenvalue weighted by molar-refractivity contribution is 7.99. The first-order valence-electron chi connectivity index (χ1n) is 8.97. The molecule has 0 saturated carbocycles. The SMILES string of the molecule is COc1ccc(Cl)cc1-c1nc(SCC(=O)N(CC(C)C)CC(C)C)n[nH]1. The molecule has 1 heterocycles. The number of H-pyrrole nitrogens is 1. The summed E-state index contributed by atoms with van der Waals surface area (Å²) in [7, 11) is 1.59. The predicted octanol–water partition coefficient (Wildman–Crippen LogP) is 4.37. The third kappa shape index (κ3) is 6.43. The molecule has 0 bridgehead atoms. The van der Waals surface area contributed by atoms with Crippen LogP contribution in [0.3, 0.4) is 0 Å². The molecule has 0 fully saturated rings. The van der Waals surface area contributed by atoms with Gasteiger partial charge in [0.2, 0.25) is 11.1 Å². The Hall–Kier alpha value is -1.73. The fourth-order valence-electron chi connectivity index (χ4n) is 2.67. The number of nitrogens with zero attached hydrogens (tertiary/aromatic N) is 3. The van der Waals surface area contributed by atoms with Crippen molar-refractivity contribution in [2.75, 3.05) is 26.0 Å². The van der Waals surface area contributed by atoms with Crippen LogP contribution in [0.25, 0.3) is 11.4 Å². The maximum Gasteiger partial charge on any atom is 0.233 e. The van der Waals surface area contributed by atoms with Crippen molar-refractivity contribution in [3.05, 3.63) is 23.2 Å². The summed E-state index contributed by atoms with van der Waals surface area (Å²) < 4.78 is 5.35. The van der Waals surface area contributed by atoms with Crippen molar-refractivity contribution in [1.82, 2.24) is 20.1 Å². The first kappa shape index (κ1) is 21.6. The average Bonchev–Trinajstić information content (AvgIpc) is 3.07. The fourth-order valence-corrected chi connectivity index (χ4v) is 3.55. The summed E-state index contributed by atoms with van der Waals surface area (Å²) in [6.45, 7) is 10.00. The zero-order chi connectivity index (χ0) is 20.0. The molecule has 0 aliphatic carbocycles. The Balaban J connectivity index is 2.05. The largest absolute Gasteiger partial charge is 0.496 e. The van der Waals surface area contributed by atoms with Gasteiger partial charge in [-0.1, -0.05) is 51.1 Å². The normalized spacial score (nSPS) is 11.3. The molecule has 148 valence electrons. The number of hydrogen-bond acceptors (Lipinski definition) is 5. The maximum atomic E-state index is 12.6. The van der Waals surface area contributed by atoms with Crippen LogP contribution in [-0.2, 0) is 4.79 Å². The molecule has 0 saturated heterocycles. The molecule has 27 heavy (non-hydrogen) atoms. The Bertz CT molecular complexity index is 754. The molecule has 2 aromatic rings. The molecular formula is C19H27ClN4O2S. The summed E-state index contributed by atoms with van der Waals surface area (Å²) in [5.74, 6) is 2.50. The van der Waals surface area contributed by atoms with E-state index in [1.807, 2.05) is 4.90 Å². The Kier molecular flexibility index (Phi) is 7.98. The van der Waals surface area contributed by atoms with Gasteiger partial charge in [0.1, 0.15) is 5.75 Å². The van der Waals surface area contributed by atoms with E-state index in [0.29, 0.717) is 39.3 Å².